The molecule has 142 valence electrons. The number of nitrogens with one attached hydrogen (secondary N) is 1. The van der Waals surface area contributed by atoms with E-state index in [1.165, 1.54) is 11.1 Å². The lowest BCUT2D eigenvalue weighted by molar-refractivity contribution is 0.0199. The molecule has 0 aromatic heterocycles. The lowest BCUT2D eigenvalue weighted by Gasteiger charge is -2.22. The zero-order valence-electron chi connectivity index (χ0n) is 15.7. The number of rotatable bonds is 8. The number of hydrogen-bond donors (Lipinski definition) is 1. The van der Waals surface area contributed by atoms with Gasteiger partial charge in [0.15, 0.2) is 5.96 Å². The van der Waals surface area contributed by atoms with Crippen molar-refractivity contribution in [3.05, 3.63) is 35.4 Å². The minimum absolute atomic E-state index is 0. The number of nitrogens with zero attached hydrogens (tertiary/aromatic N) is 2. The SMILES string of the molecule is CCNC(=NCCOCC1CCCO1)N(C)Cc1ccc(C)cc1.I. The summed E-state index contributed by atoms with van der Waals surface area (Å²) in [4.78, 5) is 6.80. The molecule has 0 saturated carbocycles. The maximum Gasteiger partial charge on any atom is 0.194 e. The first-order valence-corrected chi connectivity index (χ1v) is 8.93. The molecule has 0 spiro atoms. The van der Waals surface area contributed by atoms with Crippen LogP contribution in [0.4, 0.5) is 0 Å². The molecule has 0 aliphatic carbocycles. The predicted molar refractivity (Wildman–Crippen MR) is 114 cm³/mol. The molecule has 6 heteroatoms. The Kier molecular flexibility index (Phi) is 11.1. The summed E-state index contributed by atoms with van der Waals surface area (Å²) in [5.74, 6) is 0.916. The Hall–Kier alpha value is -0.860. The minimum Gasteiger partial charge on any atom is -0.377 e. The van der Waals surface area contributed by atoms with Crippen molar-refractivity contribution in [1.29, 1.82) is 0 Å². The number of halogens is 1. The van der Waals surface area contributed by atoms with Crippen LogP contribution in [0.5, 0.6) is 0 Å². The first-order chi connectivity index (χ1) is 11.7. The van der Waals surface area contributed by atoms with Crippen molar-refractivity contribution in [3.63, 3.8) is 0 Å². The molecule has 1 aliphatic rings. The van der Waals surface area contributed by atoms with Gasteiger partial charge in [-0.2, -0.15) is 0 Å². The predicted octanol–water partition coefficient (Wildman–Crippen LogP) is 3.21. The Balaban J connectivity index is 0.00000312. The lowest BCUT2D eigenvalue weighted by atomic mass is 10.1. The van der Waals surface area contributed by atoms with Gasteiger partial charge in [-0.1, -0.05) is 29.8 Å². The number of aryl methyl sites for hydroxylation is 1. The maximum atomic E-state index is 5.68. The van der Waals surface area contributed by atoms with E-state index in [2.05, 4.69) is 60.4 Å². The van der Waals surface area contributed by atoms with Crippen molar-refractivity contribution in [2.24, 2.45) is 4.99 Å². The summed E-state index contributed by atoms with van der Waals surface area (Å²) in [6.07, 6.45) is 2.55. The van der Waals surface area contributed by atoms with E-state index >= 15 is 0 Å². The average molecular weight is 461 g/mol. The highest BCUT2D eigenvalue weighted by Crippen LogP contribution is 2.11. The molecule has 1 atom stereocenters. The summed E-state index contributed by atoms with van der Waals surface area (Å²) < 4.78 is 11.2. The molecule has 1 aliphatic heterocycles. The van der Waals surface area contributed by atoms with Gasteiger partial charge in [0.2, 0.25) is 0 Å². The van der Waals surface area contributed by atoms with Crippen LogP contribution >= 0.6 is 24.0 Å². The highest BCUT2D eigenvalue weighted by Gasteiger charge is 2.15. The molecule has 0 bridgehead atoms. The maximum absolute atomic E-state index is 5.68. The number of benzene rings is 1. The fourth-order valence-electron chi connectivity index (χ4n) is 2.72. The third-order valence-corrected chi connectivity index (χ3v) is 4.06. The number of hydrogen-bond acceptors (Lipinski definition) is 3. The molecule has 0 radical (unpaired) electrons. The molecule has 1 aromatic carbocycles. The van der Waals surface area contributed by atoms with Crippen LogP contribution in [0.25, 0.3) is 0 Å². The largest absolute Gasteiger partial charge is 0.377 e. The highest BCUT2D eigenvalue weighted by molar-refractivity contribution is 14.0. The van der Waals surface area contributed by atoms with Gasteiger partial charge in [-0.3, -0.25) is 4.99 Å². The van der Waals surface area contributed by atoms with E-state index in [0.29, 0.717) is 19.8 Å². The van der Waals surface area contributed by atoms with Gasteiger partial charge in [0.05, 0.1) is 25.9 Å². The molecule has 1 heterocycles. The fourth-order valence-corrected chi connectivity index (χ4v) is 2.72. The zero-order chi connectivity index (χ0) is 17.2. The van der Waals surface area contributed by atoms with Crippen LogP contribution < -0.4 is 5.32 Å². The van der Waals surface area contributed by atoms with Crippen LogP contribution in [0.2, 0.25) is 0 Å². The monoisotopic (exact) mass is 461 g/mol. The van der Waals surface area contributed by atoms with Gasteiger partial charge in [0.1, 0.15) is 0 Å². The minimum atomic E-state index is 0. The summed E-state index contributed by atoms with van der Waals surface area (Å²) in [5.41, 5.74) is 2.56. The lowest BCUT2D eigenvalue weighted by Crippen LogP contribution is -2.38. The molecular formula is C19H32IN3O2. The van der Waals surface area contributed by atoms with Gasteiger partial charge in [-0.05, 0) is 32.3 Å². The number of aliphatic imine (C=N–C) groups is 1. The van der Waals surface area contributed by atoms with Crippen molar-refractivity contribution < 1.29 is 9.47 Å². The molecule has 1 unspecified atom stereocenters. The number of guanidine groups is 1. The average Bonchev–Trinajstić information content (AvgIpc) is 3.09. The van der Waals surface area contributed by atoms with Gasteiger partial charge in [-0.25, -0.2) is 0 Å². The molecule has 1 aromatic rings. The molecule has 1 fully saturated rings. The summed E-state index contributed by atoms with van der Waals surface area (Å²) in [6.45, 7) is 8.74. The molecule has 1 N–H and O–H groups in total. The third kappa shape index (κ3) is 8.37. The second-order valence-electron chi connectivity index (χ2n) is 6.29. The Morgan fingerprint density at radius 3 is 2.76 bits per heavy atom. The molecule has 25 heavy (non-hydrogen) atoms. The van der Waals surface area contributed by atoms with Crippen molar-refractivity contribution in [3.8, 4) is 0 Å². The van der Waals surface area contributed by atoms with Crippen molar-refractivity contribution in [2.75, 3.05) is 40.0 Å². The third-order valence-electron chi connectivity index (χ3n) is 4.06. The smallest absolute Gasteiger partial charge is 0.194 e. The van der Waals surface area contributed by atoms with Crippen LogP contribution in [0.15, 0.2) is 29.3 Å². The van der Waals surface area contributed by atoms with E-state index in [1.54, 1.807) is 0 Å². The molecule has 2 rings (SSSR count). The second kappa shape index (κ2) is 12.5. The Labute approximate surface area is 169 Å². The van der Waals surface area contributed by atoms with Crippen LogP contribution in [0, 0.1) is 6.92 Å². The van der Waals surface area contributed by atoms with Gasteiger partial charge in [0, 0.05) is 26.7 Å². The first-order valence-electron chi connectivity index (χ1n) is 8.93. The van der Waals surface area contributed by atoms with Crippen LogP contribution in [0.1, 0.15) is 30.9 Å². The normalized spacial score (nSPS) is 17.2. The van der Waals surface area contributed by atoms with E-state index in [4.69, 9.17) is 9.47 Å². The standard InChI is InChI=1S/C19H31N3O2.HI/c1-4-20-19(21-11-13-23-15-18-6-5-12-24-18)22(3)14-17-9-7-16(2)8-10-17;/h7-10,18H,4-6,11-15H2,1-3H3,(H,20,21);1H. The van der Waals surface area contributed by atoms with Crippen LogP contribution in [0.3, 0.4) is 0 Å². The molecule has 1 saturated heterocycles. The van der Waals surface area contributed by atoms with Gasteiger partial charge < -0.3 is 19.7 Å². The van der Waals surface area contributed by atoms with Crippen molar-refractivity contribution in [1.82, 2.24) is 10.2 Å². The highest BCUT2D eigenvalue weighted by atomic mass is 127. The summed E-state index contributed by atoms with van der Waals surface area (Å²) >= 11 is 0. The van der Waals surface area contributed by atoms with E-state index in [-0.39, 0.29) is 30.1 Å². The van der Waals surface area contributed by atoms with Crippen LogP contribution in [-0.2, 0) is 16.0 Å². The van der Waals surface area contributed by atoms with E-state index < -0.39 is 0 Å². The quantitative estimate of drug-likeness (QED) is 0.280. The Bertz CT molecular complexity index is 502. The summed E-state index contributed by atoms with van der Waals surface area (Å²) in [5, 5.41) is 3.34. The second-order valence-corrected chi connectivity index (χ2v) is 6.29. The first kappa shape index (κ1) is 22.2. The van der Waals surface area contributed by atoms with Gasteiger partial charge >= 0.3 is 0 Å². The fraction of sp³-hybridized carbons (Fsp3) is 0.632. The Morgan fingerprint density at radius 2 is 2.12 bits per heavy atom. The van der Waals surface area contributed by atoms with E-state index in [1.807, 2.05) is 0 Å². The molecular weight excluding hydrogens is 429 g/mol. The van der Waals surface area contributed by atoms with E-state index in [9.17, 15) is 0 Å². The van der Waals surface area contributed by atoms with Crippen LogP contribution in [-0.4, -0.2) is 56.9 Å². The number of ether oxygens (including phenoxy) is 2. The van der Waals surface area contributed by atoms with Crippen molar-refractivity contribution in [2.45, 2.75) is 39.3 Å². The zero-order valence-corrected chi connectivity index (χ0v) is 18.0. The Morgan fingerprint density at radius 1 is 1.36 bits per heavy atom. The molecule has 0 amide bonds. The topological polar surface area (TPSA) is 46.1 Å². The summed E-state index contributed by atoms with van der Waals surface area (Å²) in [6, 6.07) is 8.62. The van der Waals surface area contributed by atoms with Gasteiger partial charge in [-0.15, -0.1) is 24.0 Å². The molecule has 5 nitrogen and oxygen atoms in total. The summed E-state index contributed by atoms with van der Waals surface area (Å²) in [7, 11) is 2.06. The van der Waals surface area contributed by atoms with Crippen molar-refractivity contribution >= 4 is 29.9 Å². The van der Waals surface area contributed by atoms with E-state index in [0.717, 1.165) is 38.5 Å². The van der Waals surface area contributed by atoms with Gasteiger partial charge in [0.25, 0.3) is 0 Å².